The third-order valence-electron chi connectivity index (χ3n) is 4.30. The molecule has 0 fully saturated rings. The van der Waals surface area contributed by atoms with Crippen molar-refractivity contribution >= 4 is 5.97 Å². The molecule has 0 saturated heterocycles. The molecule has 0 aromatic heterocycles. The Morgan fingerprint density at radius 1 is 0.967 bits per heavy atom. The number of hydrogen-bond acceptors (Lipinski definition) is 8. The van der Waals surface area contributed by atoms with Crippen molar-refractivity contribution in [3.05, 3.63) is 60.2 Å². The summed E-state index contributed by atoms with van der Waals surface area (Å²) in [5.41, 5.74) is 0.907. The van der Waals surface area contributed by atoms with E-state index in [0.29, 0.717) is 11.5 Å². The van der Waals surface area contributed by atoms with Gasteiger partial charge in [0, 0.05) is 0 Å². The summed E-state index contributed by atoms with van der Waals surface area (Å²) in [7, 11) is 1.52. The van der Waals surface area contributed by atoms with Crippen LogP contribution in [0.3, 0.4) is 0 Å². The molecule has 0 radical (unpaired) electrons. The molecule has 0 bridgehead atoms. The lowest BCUT2D eigenvalue weighted by Gasteiger charge is -2.30. The number of benzene rings is 2. The number of ether oxygens (including phenoxy) is 4. The van der Waals surface area contributed by atoms with E-state index in [0.717, 1.165) is 5.56 Å². The lowest BCUT2D eigenvalue weighted by molar-refractivity contribution is -0.168. The highest BCUT2D eigenvalue weighted by molar-refractivity contribution is 5.75. The van der Waals surface area contributed by atoms with Gasteiger partial charge in [0.15, 0.2) is 12.2 Å². The van der Waals surface area contributed by atoms with Gasteiger partial charge in [-0.05, 0) is 36.8 Å². The highest BCUT2D eigenvalue weighted by Crippen LogP contribution is 2.21. The molecule has 0 amide bonds. The van der Waals surface area contributed by atoms with Crippen molar-refractivity contribution in [2.24, 2.45) is 0 Å². The van der Waals surface area contributed by atoms with Crippen LogP contribution in [-0.4, -0.2) is 66.0 Å². The summed E-state index contributed by atoms with van der Waals surface area (Å²) in [6, 6.07) is 15.8. The molecule has 2 aromatic rings. The Balaban J connectivity index is 2.08. The molecular weight excluding hydrogens is 392 g/mol. The number of carbonyl (C=O) groups is 1. The molecule has 164 valence electrons. The SMILES string of the molecule is CCOC(=O)[C@@H](O)[C@H](O)[C@H](Oc1ccc(OC)cc1)[C@@H](O)COCc1ccccc1. The lowest BCUT2D eigenvalue weighted by Crippen LogP contribution is -2.52. The minimum Gasteiger partial charge on any atom is -0.497 e. The third kappa shape index (κ3) is 7.00. The molecule has 0 spiro atoms. The second kappa shape index (κ2) is 12.1. The zero-order chi connectivity index (χ0) is 21.9. The lowest BCUT2D eigenvalue weighted by atomic mass is 10.0. The fraction of sp³-hybridized carbons (Fsp3) is 0.409. The Hall–Kier alpha value is -2.65. The van der Waals surface area contributed by atoms with Gasteiger partial charge >= 0.3 is 5.97 Å². The van der Waals surface area contributed by atoms with Crippen LogP contribution in [0, 0.1) is 0 Å². The highest BCUT2D eigenvalue weighted by atomic mass is 16.6. The van der Waals surface area contributed by atoms with E-state index in [9.17, 15) is 20.1 Å². The Morgan fingerprint density at radius 2 is 1.60 bits per heavy atom. The van der Waals surface area contributed by atoms with E-state index in [1.54, 1.807) is 31.2 Å². The van der Waals surface area contributed by atoms with Gasteiger partial charge in [0.25, 0.3) is 0 Å². The van der Waals surface area contributed by atoms with Crippen molar-refractivity contribution in [3.63, 3.8) is 0 Å². The number of rotatable bonds is 12. The number of methoxy groups -OCH3 is 1. The van der Waals surface area contributed by atoms with Crippen LogP contribution in [0.4, 0.5) is 0 Å². The summed E-state index contributed by atoms with van der Waals surface area (Å²) >= 11 is 0. The monoisotopic (exact) mass is 420 g/mol. The van der Waals surface area contributed by atoms with Crippen molar-refractivity contribution in [2.45, 2.75) is 37.9 Å². The molecule has 4 atom stereocenters. The molecule has 0 aliphatic heterocycles. The summed E-state index contributed by atoms with van der Waals surface area (Å²) in [5, 5.41) is 31.2. The summed E-state index contributed by atoms with van der Waals surface area (Å²) < 4.78 is 21.0. The van der Waals surface area contributed by atoms with Crippen LogP contribution in [0.25, 0.3) is 0 Å². The summed E-state index contributed by atoms with van der Waals surface area (Å²) in [4.78, 5) is 11.8. The second-order valence-corrected chi connectivity index (χ2v) is 6.51. The minimum absolute atomic E-state index is 0.0371. The molecule has 8 heteroatoms. The Morgan fingerprint density at radius 3 is 2.20 bits per heavy atom. The van der Waals surface area contributed by atoms with Crippen LogP contribution in [0.15, 0.2) is 54.6 Å². The molecule has 0 saturated carbocycles. The number of aliphatic hydroxyl groups is 3. The molecule has 2 aromatic carbocycles. The molecule has 8 nitrogen and oxygen atoms in total. The van der Waals surface area contributed by atoms with Crippen LogP contribution in [0.1, 0.15) is 12.5 Å². The van der Waals surface area contributed by atoms with Crippen LogP contribution >= 0.6 is 0 Å². The van der Waals surface area contributed by atoms with Crippen molar-refractivity contribution < 1.29 is 39.1 Å². The van der Waals surface area contributed by atoms with Crippen LogP contribution in [0.2, 0.25) is 0 Å². The molecule has 3 N–H and O–H groups in total. The van der Waals surface area contributed by atoms with Crippen molar-refractivity contribution in [2.75, 3.05) is 20.3 Å². The summed E-state index contributed by atoms with van der Waals surface area (Å²) in [5.74, 6) is -0.110. The molecule has 2 rings (SSSR count). The van der Waals surface area contributed by atoms with E-state index in [2.05, 4.69) is 0 Å². The first-order valence-corrected chi connectivity index (χ1v) is 9.59. The quantitative estimate of drug-likeness (QED) is 0.440. The third-order valence-corrected chi connectivity index (χ3v) is 4.30. The van der Waals surface area contributed by atoms with Gasteiger partial charge < -0.3 is 34.3 Å². The average Bonchev–Trinajstić information content (AvgIpc) is 2.77. The van der Waals surface area contributed by atoms with E-state index in [1.165, 1.54) is 7.11 Å². The fourth-order valence-corrected chi connectivity index (χ4v) is 2.70. The zero-order valence-corrected chi connectivity index (χ0v) is 17.0. The largest absolute Gasteiger partial charge is 0.497 e. The molecule has 0 aliphatic carbocycles. The average molecular weight is 420 g/mol. The molecule has 0 aliphatic rings. The van der Waals surface area contributed by atoms with Crippen molar-refractivity contribution in [3.8, 4) is 11.5 Å². The van der Waals surface area contributed by atoms with E-state index in [1.807, 2.05) is 30.3 Å². The van der Waals surface area contributed by atoms with Crippen molar-refractivity contribution in [1.29, 1.82) is 0 Å². The topological polar surface area (TPSA) is 115 Å². The van der Waals surface area contributed by atoms with Crippen molar-refractivity contribution in [1.82, 2.24) is 0 Å². The first-order chi connectivity index (χ1) is 14.5. The standard InChI is InChI=1S/C22H28O8/c1-3-29-22(26)20(25)19(24)21(30-17-11-9-16(27-2)10-12-17)18(23)14-28-13-15-7-5-4-6-8-15/h4-12,18-21,23-25H,3,13-14H2,1-2H3/t18-,19-,20-,21+/m0/s1. The summed E-state index contributed by atoms with van der Waals surface area (Å²) in [6.45, 7) is 1.66. The van der Waals surface area contributed by atoms with E-state index >= 15 is 0 Å². The van der Waals surface area contributed by atoms with Gasteiger partial charge in [0.1, 0.15) is 23.7 Å². The van der Waals surface area contributed by atoms with Gasteiger partial charge in [-0.1, -0.05) is 30.3 Å². The normalized spacial score (nSPS) is 15.0. The minimum atomic E-state index is -1.89. The van der Waals surface area contributed by atoms with Gasteiger partial charge in [0.05, 0.1) is 26.9 Å². The van der Waals surface area contributed by atoms with E-state index in [-0.39, 0.29) is 19.8 Å². The maximum Gasteiger partial charge on any atom is 0.337 e. The van der Waals surface area contributed by atoms with Crippen LogP contribution in [0.5, 0.6) is 11.5 Å². The van der Waals surface area contributed by atoms with E-state index < -0.39 is 30.4 Å². The predicted octanol–water partition coefficient (Wildman–Crippen LogP) is 1.31. The van der Waals surface area contributed by atoms with Gasteiger partial charge in [-0.25, -0.2) is 4.79 Å². The highest BCUT2D eigenvalue weighted by Gasteiger charge is 2.38. The zero-order valence-electron chi connectivity index (χ0n) is 17.0. The Bertz CT molecular complexity index is 749. The maximum atomic E-state index is 11.8. The predicted molar refractivity (Wildman–Crippen MR) is 108 cm³/mol. The fourth-order valence-electron chi connectivity index (χ4n) is 2.70. The number of aliphatic hydroxyl groups excluding tert-OH is 3. The smallest absolute Gasteiger partial charge is 0.337 e. The maximum absolute atomic E-state index is 11.8. The first kappa shape index (κ1) is 23.6. The van der Waals surface area contributed by atoms with Gasteiger partial charge in [-0.3, -0.25) is 0 Å². The molecule has 30 heavy (non-hydrogen) atoms. The number of carbonyl (C=O) groups excluding carboxylic acids is 1. The Kier molecular flexibility index (Phi) is 9.56. The molecule has 0 heterocycles. The molecular formula is C22H28O8. The number of hydrogen-bond donors (Lipinski definition) is 3. The van der Waals surface area contributed by atoms with Gasteiger partial charge in [-0.2, -0.15) is 0 Å². The van der Waals surface area contributed by atoms with Crippen LogP contribution < -0.4 is 9.47 Å². The van der Waals surface area contributed by atoms with Gasteiger partial charge in [-0.15, -0.1) is 0 Å². The van der Waals surface area contributed by atoms with Gasteiger partial charge in [0.2, 0.25) is 0 Å². The van der Waals surface area contributed by atoms with E-state index in [4.69, 9.17) is 18.9 Å². The Labute approximate surface area is 175 Å². The second-order valence-electron chi connectivity index (χ2n) is 6.51. The number of esters is 1. The summed E-state index contributed by atoms with van der Waals surface area (Å²) in [6.07, 6.45) is -6.33. The van der Waals surface area contributed by atoms with Crippen LogP contribution in [-0.2, 0) is 20.9 Å². The molecule has 0 unspecified atom stereocenters. The first-order valence-electron chi connectivity index (χ1n) is 9.59.